The smallest absolute Gasteiger partial charge is 0.122 e. The number of nitrogens with one attached hydrogen (secondary N) is 1. The second-order valence-electron chi connectivity index (χ2n) is 4.23. The molecule has 0 aliphatic heterocycles. The van der Waals surface area contributed by atoms with Crippen LogP contribution in [0.5, 0.6) is 0 Å². The van der Waals surface area contributed by atoms with Crippen LogP contribution < -0.4 is 5.73 Å². The Balaban J connectivity index is 1.90. The van der Waals surface area contributed by atoms with Crippen molar-refractivity contribution in [3.05, 3.63) is 69.7 Å². The van der Waals surface area contributed by atoms with Gasteiger partial charge >= 0.3 is 0 Å². The summed E-state index contributed by atoms with van der Waals surface area (Å²) in [6.45, 7) is 1.08. The van der Waals surface area contributed by atoms with Crippen LogP contribution in [0, 0.1) is 5.41 Å². The molecule has 0 spiro atoms. The number of ether oxygens (including phenoxy) is 1. The van der Waals surface area contributed by atoms with E-state index in [4.69, 9.17) is 15.9 Å². The number of benzene rings is 2. The molecule has 98 valence electrons. The summed E-state index contributed by atoms with van der Waals surface area (Å²) in [5.74, 6) is 0.0785. The second-order valence-corrected chi connectivity index (χ2v) is 5.15. The molecular weight excluding hydrogens is 304 g/mol. The Kier molecular flexibility index (Phi) is 4.71. The van der Waals surface area contributed by atoms with Crippen molar-refractivity contribution in [1.82, 2.24) is 0 Å². The zero-order valence-corrected chi connectivity index (χ0v) is 12.0. The number of hydrogen-bond acceptors (Lipinski definition) is 2. The van der Waals surface area contributed by atoms with Crippen LogP contribution in [0.15, 0.2) is 53.0 Å². The zero-order valence-electron chi connectivity index (χ0n) is 10.4. The third-order valence-corrected chi connectivity index (χ3v) is 3.22. The topological polar surface area (TPSA) is 59.1 Å². The average Bonchev–Trinajstić information content (AvgIpc) is 2.41. The maximum Gasteiger partial charge on any atom is 0.122 e. The first kappa shape index (κ1) is 13.8. The van der Waals surface area contributed by atoms with Crippen LogP contribution in [0.3, 0.4) is 0 Å². The van der Waals surface area contributed by atoms with Gasteiger partial charge in [0.05, 0.1) is 13.2 Å². The van der Waals surface area contributed by atoms with E-state index in [9.17, 15) is 0 Å². The minimum atomic E-state index is 0.0785. The van der Waals surface area contributed by atoms with E-state index < -0.39 is 0 Å². The first-order valence-electron chi connectivity index (χ1n) is 5.90. The van der Waals surface area contributed by atoms with Gasteiger partial charge in [-0.2, -0.15) is 0 Å². The predicted molar refractivity (Wildman–Crippen MR) is 80.1 cm³/mol. The van der Waals surface area contributed by atoms with Gasteiger partial charge in [-0.1, -0.05) is 46.3 Å². The van der Waals surface area contributed by atoms with Crippen LogP contribution in [0.1, 0.15) is 16.7 Å². The van der Waals surface area contributed by atoms with Gasteiger partial charge in [0, 0.05) is 10.0 Å². The lowest BCUT2D eigenvalue weighted by Crippen LogP contribution is -2.11. The average molecular weight is 319 g/mol. The molecule has 0 aliphatic carbocycles. The highest BCUT2D eigenvalue weighted by Gasteiger charge is 1.99. The third-order valence-electron chi connectivity index (χ3n) is 2.69. The quantitative estimate of drug-likeness (QED) is 0.655. The molecule has 4 heteroatoms. The highest BCUT2D eigenvalue weighted by molar-refractivity contribution is 9.10. The number of amidine groups is 1. The monoisotopic (exact) mass is 318 g/mol. The molecule has 3 N–H and O–H groups in total. The van der Waals surface area contributed by atoms with Gasteiger partial charge in [-0.15, -0.1) is 0 Å². The molecule has 0 amide bonds. The van der Waals surface area contributed by atoms with Gasteiger partial charge < -0.3 is 10.5 Å². The van der Waals surface area contributed by atoms with Crippen LogP contribution in [-0.2, 0) is 18.0 Å². The fraction of sp³-hybridized carbons (Fsp3) is 0.133. The summed E-state index contributed by atoms with van der Waals surface area (Å²) in [7, 11) is 0. The summed E-state index contributed by atoms with van der Waals surface area (Å²) >= 11 is 3.40. The van der Waals surface area contributed by atoms with E-state index in [2.05, 4.69) is 15.9 Å². The Bertz CT molecular complexity index is 567. The molecule has 0 aromatic heterocycles. The van der Waals surface area contributed by atoms with Crippen molar-refractivity contribution in [3.8, 4) is 0 Å². The maximum absolute atomic E-state index is 7.40. The molecule has 0 heterocycles. The molecule has 0 saturated carbocycles. The van der Waals surface area contributed by atoms with E-state index in [1.54, 1.807) is 0 Å². The summed E-state index contributed by atoms with van der Waals surface area (Å²) in [5.41, 5.74) is 8.33. The van der Waals surface area contributed by atoms with E-state index in [1.807, 2.05) is 48.5 Å². The van der Waals surface area contributed by atoms with Crippen LogP contribution in [0.4, 0.5) is 0 Å². The lowest BCUT2D eigenvalue weighted by molar-refractivity contribution is 0.107. The number of nitrogens with two attached hydrogens (primary N) is 1. The molecule has 2 aromatic rings. The first-order chi connectivity index (χ1) is 9.15. The van der Waals surface area contributed by atoms with Gasteiger partial charge in [-0.3, -0.25) is 5.41 Å². The Hall–Kier alpha value is -1.65. The number of nitrogen functional groups attached to an aromatic ring is 1. The minimum Gasteiger partial charge on any atom is -0.384 e. The number of rotatable bonds is 5. The summed E-state index contributed by atoms with van der Waals surface area (Å²) in [5, 5.41) is 7.40. The molecule has 3 nitrogen and oxygen atoms in total. The van der Waals surface area contributed by atoms with E-state index >= 15 is 0 Å². The normalized spacial score (nSPS) is 10.4. The highest BCUT2D eigenvalue weighted by atomic mass is 79.9. The standard InChI is InChI=1S/C15H15BrN2O/c16-14-6-4-11(5-7-14)9-19-10-12-2-1-3-13(8-12)15(17)18/h1-8H,9-10H2,(H3,17,18). The van der Waals surface area contributed by atoms with Crippen molar-refractivity contribution < 1.29 is 4.74 Å². The van der Waals surface area contributed by atoms with E-state index in [-0.39, 0.29) is 5.84 Å². The third kappa shape index (κ3) is 4.19. The molecule has 0 fully saturated rings. The zero-order chi connectivity index (χ0) is 13.7. The van der Waals surface area contributed by atoms with Crippen LogP contribution in [0.2, 0.25) is 0 Å². The van der Waals surface area contributed by atoms with E-state index in [1.165, 1.54) is 0 Å². The van der Waals surface area contributed by atoms with Gasteiger partial charge in [-0.25, -0.2) is 0 Å². The van der Waals surface area contributed by atoms with Crippen LogP contribution in [0.25, 0.3) is 0 Å². The fourth-order valence-electron chi connectivity index (χ4n) is 1.70. The second kappa shape index (κ2) is 6.50. The molecular formula is C15H15BrN2O. The molecule has 0 unspecified atom stereocenters. The SMILES string of the molecule is N=C(N)c1cccc(COCc2ccc(Br)cc2)c1. The number of hydrogen-bond donors (Lipinski definition) is 2. The van der Waals surface area contributed by atoms with Crippen LogP contribution >= 0.6 is 15.9 Å². The Morgan fingerprint density at radius 2 is 1.74 bits per heavy atom. The van der Waals surface area contributed by atoms with Crippen molar-refractivity contribution in [2.45, 2.75) is 13.2 Å². The first-order valence-corrected chi connectivity index (χ1v) is 6.70. The lowest BCUT2D eigenvalue weighted by Gasteiger charge is -2.06. The Morgan fingerprint density at radius 1 is 1.05 bits per heavy atom. The summed E-state index contributed by atoms with van der Waals surface area (Å²) < 4.78 is 6.71. The predicted octanol–water partition coefficient (Wildman–Crippen LogP) is 3.45. The molecule has 0 atom stereocenters. The van der Waals surface area contributed by atoms with Gasteiger partial charge in [0.1, 0.15) is 5.84 Å². The van der Waals surface area contributed by atoms with Gasteiger partial charge in [0.25, 0.3) is 0 Å². The lowest BCUT2D eigenvalue weighted by atomic mass is 10.1. The minimum absolute atomic E-state index is 0.0785. The molecule has 0 bridgehead atoms. The summed E-state index contributed by atoms with van der Waals surface area (Å²) in [6, 6.07) is 15.6. The van der Waals surface area contributed by atoms with Crippen molar-refractivity contribution >= 4 is 21.8 Å². The van der Waals surface area contributed by atoms with Crippen molar-refractivity contribution in [2.75, 3.05) is 0 Å². The van der Waals surface area contributed by atoms with Gasteiger partial charge in [-0.05, 0) is 29.3 Å². The van der Waals surface area contributed by atoms with E-state index in [0.29, 0.717) is 13.2 Å². The Morgan fingerprint density at radius 3 is 2.42 bits per heavy atom. The van der Waals surface area contributed by atoms with Gasteiger partial charge in [0.2, 0.25) is 0 Å². The van der Waals surface area contributed by atoms with Gasteiger partial charge in [0.15, 0.2) is 0 Å². The Labute approximate surface area is 121 Å². The molecule has 2 rings (SSSR count). The van der Waals surface area contributed by atoms with E-state index in [0.717, 1.165) is 21.2 Å². The maximum atomic E-state index is 7.40. The van der Waals surface area contributed by atoms with Crippen LogP contribution in [-0.4, -0.2) is 5.84 Å². The fourth-order valence-corrected chi connectivity index (χ4v) is 1.96. The molecule has 2 aromatic carbocycles. The summed E-state index contributed by atoms with van der Waals surface area (Å²) in [4.78, 5) is 0. The van der Waals surface area contributed by atoms with Crippen molar-refractivity contribution in [2.24, 2.45) is 5.73 Å². The molecule has 0 aliphatic rings. The van der Waals surface area contributed by atoms with Crippen molar-refractivity contribution in [1.29, 1.82) is 5.41 Å². The van der Waals surface area contributed by atoms with Crippen molar-refractivity contribution in [3.63, 3.8) is 0 Å². The largest absolute Gasteiger partial charge is 0.384 e. The summed E-state index contributed by atoms with van der Waals surface area (Å²) in [6.07, 6.45) is 0. The molecule has 0 saturated heterocycles. The molecule has 0 radical (unpaired) electrons. The molecule has 19 heavy (non-hydrogen) atoms. The number of halogens is 1. The highest BCUT2D eigenvalue weighted by Crippen LogP contribution is 2.12.